The molecule has 1 heterocycles. The smallest absolute Gasteiger partial charge is 0.251 e. The zero-order chi connectivity index (χ0) is 29.2. The number of nitrogens with one attached hydrogen (secondary N) is 4. The van der Waals surface area contributed by atoms with Crippen molar-refractivity contribution in [2.24, 2.45) is 0 Å². The predicted octanol–water partition coefficient (Wildman–Crippen LogP) is 4.73. The molecule has 1 aromatic heterocycles. The number of carbonyl (C=O) groups excluding carboxylic acids is 3. The molecule has 4 N–H and O–H groups in total. The third kappa shape index (κ3) is 8.12. The van der Waals surface area contributed by atoms with Crippen LogP contribution in [0.4, 0.5) is 11.6 Å². The first-order valence-corrected chi connectivity index (χ1v) is 13.5. The topological polar surface area (TPSA) is 125 Å². The maximum Gasteiger partial charge on any atom is 0.251 e. The minimum atomic E-state index is -0.243. The number of anilines is 2. The van der Waals surface area contributed by atoms with Gasteiger partial charge in [-0.25, -0.2) is 9.97 Å². The van der Waals surface area contributed by atoms with Crippen molar-refractivity contribution in [2.45, 2.75) is 13.8 Å². The number of aromatic nitrogens is 2. The van der Waals surface area contributed by atoms with Crippen LogP contribution < -0.4 is 21.3 Å². The number of carbonyl (C=O) groups is 3. The summed E-state index contributed by atoms with van der Waals surface area (Å²) in [5.41, 5.74) is 3.18. The molecular weight excluding hydrogens is 540 g/mol. The van der Waals surface area contributed by atoms with E-state index in [9.17, 15) is 14.4 Å². The monoisotopic (exact) mass is 570 g/mol. The maximum atomic E-state index is 12.7. The Bertz CT molecular complexity index is 1510. The average molecular weight is 571 g/mol. The summed E-state index contributed by atoms with van der Waals surface area (Å²) in [6.07, 6.45) is 0. The minimum absolute atomic E-state index is 0.0936. The number of halogens is 1. The molecule has 0 aliphatic carbocycles. The number of benzene rings is 3. The van der Waals surface area contributed by atoms with Gasteiger partial charge < -0.3 is 21.3 Å². The molecule has 0 unspecified atom stereocenters. The number of amides is 2. The molecule has 2 amide bonds. The summed E-state index contributed by atoms with van der Waals surface area (Å²) in [4.78, 5) is 45.9. The second-order valence-corrected chi connectivity index (χ2v) is 9.68. The fraction of sp³-hybridized carbons (Fsp3) is 0.194. The fourth-order valence-corrected chi connectivity index (χ4v) is 4.12. The summed E-state index contributed by atoms with van der Waals surface area (Å²) < 4.78 is 0. The molecule has 4 aromatic rings. The van der Waals surface area contributed by atoms with Crippen LogP contribution in [0, 0.1) is 6.92 Å². The second-order valence-electron chi connectivity index (χ2n) is 9.24. The van der Waals surface area contributed by atoms with Crippen LogP contribution in [0.3, 0.4) is 0 Å². The van der Waals surface area contributed by atoms with Crippen LogP contribution in [0.5, 0.6) is 0 Å². The van der Waals surface area contributed by atoms with E-state index in [0.29, 0.717) is 65.4 Å². The number of hydrogen-bond acceptors (Lipinski definition) is 7. The van der Waals surface area contributed by atoms with Crippen LogP contribution in [0.2, 0.25) is 5.02 Å². The van der Waals surface area contributed by atoms with E-state index in [0.717, 1.165) is 11.1 Å². The lowest BCUT2D eigenvalue weighted by Crippen LogP contribution is -2.29. The van der Waals surface area contributed by atoms with Gasteiger partial charge in [-0.1, -0.05) is 54.1 Å². The van der Waals surface area contributed by atoms with Crippen LogP contribution in [-0.2, 0) is 4.79 Å². The van der Waals surface area contributed by atoms with Gasteiger partial charge in [-0.15, -0.1) is 0 Å². The molecule has 3 aromatic carbocycles. The number of ketones is 1. The average Bonchev–Trinajstić information content (AvgIpc) is 2.99. The Balaban J connectivity index is 1.38. The van der Waals surface area contributed by atoms with Crippen molar-refractivity contribution in [1.82, 2.24) is 20.6 Å². The highest BCUT2D eigenvalue weighted by Crippen LogP contribution is 2.26. The number of nitrogens with zero attached hydrogens (tertiary/aromatic N) is 2. The molecule has 0 spiro atoms. The first kappa shape index (κ1) is 29.2. The molecule has 210 valence electrons. The first-order valence-electron chi connectivity index (χ1n) is 13.2. The zero-order valence-electron chi connectivity index (χ0n) is 22.8. The normalized spacial score (nSPS) is 10.5. The molecule has 9 nitrogen and oxygen atoms in total. The van der Waals surface area contributed by atoms with Crippen molar-refractivity contribution in [3.8, 4) is 11.4 Å². The van der Waals surface area contributed by atoms with Gasteiger partial charge in [-0.05, 0) is 43.3 Å². The van der Waals surface area contributed by atoms with Gasteiger partial charge in [0, 0.05) is 65.9 Å². The molecule has 0 aliphatic rings. The molecular formula is C31H31ClN6O3. The van der Waals surface area contributed by atoms with Crippen molar-refractivity contribution in [2.75, 3.05) is 36.8 Å². The van der Waals surface area contributed by atoms with Crippen LogP contribution >= 0.6 is 11.6 Å². The second kappa shape index (κ2) is 14.0. The third-order valence-corrected chi connectivity index (χ3v) is 6.44. The molecule has 0 saturated heterocycles. The molecule has 41 heavy (non-hydrogen) atoms. The predicted molar refractivity (Wildman–Crippen MR) is 162 cm³/mol. The van der Waals surface area contributed by atoms with Crippen LogP contribution in [0.25, 0.3) is 11.4 Å². The largest absolute Gasteiger partial charge is 0.368 e. The molecule has 4 rings (SSSR count). The maximum absolute atomic E-state index is 12.7. The first-order chi connectivity index (χ1) is 19.8. The fourth-order valence-electron chi connectivity index (χ4n) is 4.00. The van der Waals surface area contributed by atoms with E-state index in [1.54, 1.807) is 48.5 Å². The molecule has 0 saturated carbocycles. The minimum Gasteiger partial charge on any atom is -0.368 e. The van der Waals surface area contributed by atoms with Gasteiger partial charge in [-0.3, -0.25) is 14.4 Å². The highest BCUT2D eigenvalue weighted by atomic mass is 35.5. The van der Waals surface area contributed by atoms with E-state index in [1.807, 2.05) is 37.3 Å². The Morgan fingerprint density at radius 1 is 0.683 bits per heavy atom. The van der Waals surface area contributed by atoms with Gasteiger partial charge in [0.25, 0.3) is 5.91 Å². The van der Waals surface area contributed by atoms with Crippen molar-refractivity contribution in [1.29, 1.82) is 0 Å². The van der Waals surface area contributed by atoms with Gasteiger partial charge in [0.05, 0.1) is 0 Å². The molecule has 0 radical (unpaired) electrons. The Morgan fingerprint density at radius 2 is 1.22 bits per heavy atom. The van der Waals surface area contributed by atoms with Crippen LogP contribution in [0.15, 0.2) is 78.9 Å². The van der Waals surface area contributed by atoms with E-state index >= 15 is 0 Å². The highest BCUT2D eigenvalue weighted by Gasteiger charge is 2.14. The molecule has 0 aliphatic heterocycles. The van der Waals surface area contributed by atoms with E-state index in [2.05, 4.69) is 26.3 Å². The zero-order valence-corrected chi connectivity index (χ0v) is 23.6. The Morgan fingerprint density at radius 3 is 1.80 bits per heavy atom. The van der Waals surface area contributed by atoms with Crippen molar-refractivity contribution in [3.05, 3.63) is 106 Å². The summed E-state index contributed by atoms with van der Waals surface area (Å²) in [5.74, 6) is 1.31. The summed E-state index contributed by atoms with van der Waals surface area (Å²) in [6.45, 7) is 5.06. The van der Waals surface area contributed by atoms with Crippen LogP contribution in [0.1, 0.15) is 38.8 Å². The van der Waals surface area contributed by atoms with E-state index in [-0.39, 0.29) is 17.6 Å². The number of hydrogen-bond donors (Lipinski definition) is 4. The lowest BCUT2D eigenvalue weighted by atomic mass is 10.0. The Hall–Kier alpha value is -4.76. The summed E-state index contributed by atoms with van der Waals surface area (Å²) >= 11 is 6.05. The quantitative estimate of drug-likeness (QED) is 0.143. The van der Waals surface area contributed by atoms with Gasteiger partial charge in [-0.2, -0.15) is 0 Å². The van der Waals surface area contributed by atoms with Gasteiger partial charge in [0.2, 0.25) is 5.91 Å². The summed E-state index contributed by atoms with van der Waals surface area (Å²) in [5, 5.41) is 12.8. The van der Waals surface area contributed by atoms with Crippen molar-refractivity contribution in [3.63, 3.8) is 0 Å². The van der Waals surface area contributed by atoms with E-state index < -0.39 is 0 Å². The van der Waals surface area contributed by atoms with Crippen molar-refractivity contribution >= 4 is 40.8 Å². The van der Waals surface area contributed by atoms with E-state index in [1.165, 1.54) is 6.92 Å². The molecule has 0 atom stereocenters. The Kier molecular flexibility index (Phi) is 10.0. The van der Waals surface area contributed by atoms with Gasteiger partial charge in [0.1, 0.15) is 11.6 Å². The lowest BCUT2D eigenvalue weighted by Gasteiger charge is -2.16. The summed E-state index contributed by atoms with van der Waals surface area (Å²) in [7, 11) is 0. The van der Waals surface area contributed by atoms with Crippen molar-refractivity contribution < 1.29 is 14.4 Å². The number of rotatable bonds is 12. The Labute approximate surface area is 243 Å². The third-order valence-electron chi connectivity index (χ3n) is 6.19. The van der Waals surface area contributed by atoms with Crippen LogP contribution in [-0.4, -0.2) is 53.7 Å². The molecule has 0 bridgehead atoms. The molecule has 10 heteroatoms. The summed E-state index contributed by atoms with van der Waals surface area (Å²) in [6, 6.07) is 22.9. The SMILES string of the molecule is CC(=O)NCCNc1nc(-c2ccc(Cl)cc2)nc(NCCNC(=O)c2ccc(C(=O)c3ccccc3)cc2)c1C. The van der Waals surface area contributed by atoms with E-state index in [4.69, 9.17) is 16.6 Å². The molecule has 0 fully saturated rings. The van der Waals surface area contributed by atoms with Gasteiger partial charge >= 0.3 is 0 Å². The highest BCUT2D eigenvalue weighted by molar-refractivity contribution is 6.30. The standard InChI is InChI=1S/C31H31ClN6O3/c1-20-28(34-17-16-33-21(2)39)37-30(24-12-14-26(32)15-13-24)38-29(20)35-18-19-36-31(41)25-10-8-23(9-11-25)27(40)22-6-4-3-5-7-22/h3-15H,16-19H2,1-2H3,(H,33,39)(H,36,41)(H2,34,35,37,38). The van der Waals surface area contributed by atoms with Gasteiger partial charge in [0.15, 0.2) is 11.6 Å². The lowest BCUT2D eigenvalue weighted by molar-refractivity contribution is -0.118.